The standard InChI is InChI=1S/C15H25N3O2/c1-14(2,3)12-8-11(18(5)16-12)13(20)17(4)9-15(10-19)6-7-15/h8,19H,6-7,9-10H2,1-5H3. The largest absolute Gasteiger partial charge is 0.396 e. The Labute approximate surface area is 120 Å². The van der Waals surface area contributed by atoms with Crippen molar-refractivity contribution in [1.29, 1.82) is 0 Å². The first-order chi connectivity index (χ1) is 9.18. The Balaban J connectivity index is 2.15. The molecule has 1 aliphatic rings. The Morgan fingerprint density at radius 1 is 1.50 bits per heavy atom. The van der Waals surface area contributed by atoms with Crippen LogP contribution in [0.1, 0.15) is 49.8 Å². The van der Waals surface area contributed by atoms with Gasteiger partial charge in [0.25, 0.3) is 5.91 Å². The number of aliphatic hydroxyl groups excluding tert-OH is 1. The van der Waals surface area contributed by atoms with Gasteiger partial charge in [0.2, 0.25) is 0 Å². The van der Waals surface area contributed by atoms with E-state index in [2.05, 4.69) is 25.9 Å². The topological polar surface area (TPSA) is 58.4 Å². The van der Waals surface area contributed by atoms with E-state index in [9.17, 15) is 9.90 Å². The quantitative estimate of drug-likeness (QED) is 0.910. The number of amides is 1. The van der Waals surface area contributed by atoms with Gasteiger partial charge in [0.05, 0.1) is 12.3 Å². The third-order valence-electron chi connectivity index (χ3n) is 4.08. The zero-order valence-corrected chi connectivity index (χ0v) is 13.1. The zero-order chi connectivity index (χ0) is 15.1. The van der Waals surface area contributed by atoms with Crippen molar-refractivity contribution in [2.45, 2.75) is 39.0 Å². The van der Waals surface area contributed by atoms with Gasteiger partial charge < -0.3 is 10.0 Å². The fraction of sp³-hybridized carbons (Fsp3) is 0.733. The lowest BCUT2D eigenvalue weighted by Gasteiger charge is -2.22. The Morgan fingerprint density at radius 2 is 2.10 bits per heavy atom. The highest BCUT2D eigenvalue weighted by atomic mass is 16.3. The second kappa shape index (κ2) is 4.88. The molecule has 112 valence electrons. The van der Waals surface area contributed by atoms with Gasteiger partial charge in [-0.15, -0.1) is 0 Å². The molecule has 1 amide bonds. The molecule has 1 aromatic heterocycles. The summed E-state index contributed by atoms with van der Waals surface area (Å²) in [6.45, 7) is 7.01. The Bertz CT molecular complexity index is 510. The molecule has 1 aromatic rings. The first-order valence-corrected chi connectivity index (χ1v) is 7.09. The highest BCUT2D eigenvalue weighted by molar-refractivity contribution is 5.92. The van der Waals surface area contributed by atoms with Gasteiger partial charge in [-0.25, -0.2) is 0 Å². The fourth-order valence-electron chi connectivity index (χ4n) is 2.35. The number of rotatable bonds is 4. The molecule has 5 heteroatoms. The van der Waals surface area contributed by atoms with E-state index in [-0.39, 0.29) is 23.3 Å². The second-order valence-electron chi connectivity index (χ2n) is 7.11. The molecular weight excluding hydrogens is 254 g/mol. The van der Waals surface area contributed by atoms with E-state index in [1.54, 1.807) is 23.7 Å². The van der Waals surface area contributed by atoms with Crippen molar-refractivity contribution in [3.05, 3.63) is 17.5 Å². The summed E-state index contributed by atoms with van der Waals surface area (Å²) in [6.07, 6.45) is 2.00. The van der Waals surface area contributed by atoms with Crippen molar-refractivity contribution in [2.24, 2.45) is 12.5 Å². The monoisotopic (exact) mass is 279 g/mol. The van der Waals surface area contributed by atoms with Crippen molar-refractivity contribution in [2.75, 3.05) is 20.2 Å². The predicted molar refractivity (Wildman–Crippen MR) is 77.6 cm³/mol. The van der Waals surface area contributed by atoms with E-state index in [1.807, 2.05) is 6.07 Å². The second-order valence-corrected chi connectivity index (χ2v) is 7.11. The molecule has 0 bridgehead atoms. The molecule has 0 spiro atoms. The van der Waals surface area contributed by atoms with E-state index in [1.165, 1.54) is 0 Å². The van der Waals surface area contributed by atoms with Gasteiger partial charge >= 0.3 is 0 Å². The molecule has 2 rings (SSSR count). The van der Waals surface area contributed by atoms with E-state index >= 15 is 0 Å². The van der Waals surface area contributed by atoms with Gasteiger partial charge in [-0.05, 0) is 18.9 Å². The summed E-state index contributed by atoms with van der Waals surface area (Å²) < 4.78 is 1.65. The number of aromatic nitrogens is 2. The molecule has 1 fully saturated rings. The molecule has 0 aliphatic heterocycles. The maximum Gasteiger partial charge on any atom is 0.271 e. The molecule has 1 N–H and O–H groups in total. The molecule has 0 atom stereocenters. The molecule has 0 unspecified atom stereocenters. The third kappa shape index (κ3) is 2.87. The van der Waals surface area contributed by atoms with Crippen LogP contribution >= 0.6 is 0 Å². The minimum atomic E-state index is -0.0718. The third-order valence-corrected chi connectivity index (χ3v) is 4.08. The molecule has 1 saturated carbocycles. The summed E-state index contributed by atoms with van der Waals surface area (Å²) in [5.41, 5.74) is 1.39. The SMILES string of the molecule is CN(CC1(CO)CC1)C(=O)c1cc(C(C)(C)C)nn1C. The van der Waals surface area contributed by atoms with Crippen LogP contribution in [0.5, 0.6) is 0 Å². The molecule has 0 saturated heterocycles. The summed E-state index contributed by atoms with van der Waals surface area (Å²) >= 11 is 0. The van der Waals surface area contributed by atoms with Gasteiger partial charge in [-0.3, -0.25) is 9.48 Å². The highest BCUT2D eigenvalue weighted by Crippen LogP contribution is 2.45. The molecule has 1 heterocycles. The average molecular weight is 279 g/mol. The van der Waals surface area contributed by atoms with Crippen LogP contribution in [-0.4, -0.2) is 45.9 Å². The van der Waals surface area contributed by atoms with E-state index < -0.39 is 0 Å². The molecular formula is C15H25N3O2. The smallest absolute Gasteiger partial charge is 0.271 e. The maximum absolute atomic E-state index is 12.5. The van der Waals surface area contributed by atoms with Crippen LogP contribution in [0, 0.1) is 5.41 Å². The van der Waals surface area contributed by atoms with E-state index in [4.69, 9.17) is 0 Å². The molecule has 20 heavy (non-hydrogen) atoms. The lowest BCUT2D eigenvalue weighted by molar-refractivity contribution is 0.0723. The lowest BCUT2D eigenvalue weighted by atomic mass is 9.92. The van der Waals surface area contributed by atoms with Gasteiger partial charge in [-0.1, -0.05) is 20.8 Å². The Morgan fingerprint density at radius 3 is 2.50 bits per heavy atom. The number of aryl methyl sites for hydroxylation is 1. The minimum absolute atomic E-state index is 0.0322. The summed E-state index contributed by atoms with van der Waals surface area (Å²) in [6, 6.07) is 1.87. The first kappa shape index (κ1) is 15.0. The number of hydrogen-bond acceptors (Lipinski definition) is 3. The van der Waals surface area contributed by atoms with Gasteiger partial charge in [0.1, 0.15) is 5.69 Å². The van der Waals surface area contributed by atoms with Crippen molar-refractivity contribution >= 4 is 5.91 Å². The van der Waals surface area contributed by atoms with Crippen molar-refractivity contribution in [3.63, 3.8) is 0 Å². The van der Waals surface area contributed by atoms with Crippen LogP contribution in [0.25, 0.3) is 0 Å². The lowest BCUT2D eigenvalue weighted by Crippen LogP contribution is -2.35. The normalized spacial score (nSPS) is 17.1. The fourth-order valence-corrected chi connectivity index (χ4v) is 2.35. The zero-order valence-electron chi connectivity index (χ0n) is 13.1. The molecule has 0 aromatic carbocycles. The summed E-state index contributed by atoms with van der Waals surface area (Å²) in [5.74, 6) is -0.0322. The molecule has 5 nitrogen and oxygen atoms in total. The van der Waals surface area contributed by atoms with Crippen LogP contribution in [0.4, 0.5) is 0 Å². The Hall–Kier alpha value is -1.36. The van der Waals surface area contributed by atoms with Crippen LogP contribution in [0.2, 0.25) is 0 Å². The van der Waals surface area contributed by atoms with Crippen molar-refractivity contribution in [3.8, 4) is 0 Å². The number of aliphatic hydroxyl groups is 1. The minimum Gasteiger partial charge on any atom is -0.396 e. The van der Waals surface area contributed by atoms with Crippen LogP contribution in [-0.2, 0) is 12.5 Å². The van der Waals surface area contributed by atoms with Crippen LogP contribution in [0.15, 0.2) is 6.07 Å². The van der Waals surface area contributed by atoms with Gasteiger partial charge in [-0.2, -0.15) is 5.10 Å². The van der Waals surface area contributed by atoms with Crippen LogP contribution < -0.4 is 0 Å². The van der Waals surface area contributed by atoms with Crippen molar-refractivity contribution < 1.29 is 9.90 Å². The van der Waals surface area contributed by atoms with E-state index in [0.717, 1.165) is 18.5 Å². The number of hydrogen-bond donors (Lipinski definition) is 1. The Kier molecular flexibility index (Phi) is 3.67. The summed E-state index contributed by atoms with van der Waals surface area (Å²) in [7, 11) is 3.59. The summed E-state index contributed by atoms with van der Waals surface area (Å²) in [4.78, 5) is 14.2. The number of nitrogens with zero attached hydrogens (tertiary/aromatic N) is 3. The maximum atomic E-state index is 12.5. The average Bonchev–Trinajstić information content (AvgIpc) is 3.01. The number of carbonyl (C=O) groups is 1. The van der Waals surface area contributed by atoms with Gasteiger partial charge in [0, 0.05) is 31.5 Å². The van der Waals surface area contributed by atoms with Gasteiger partial charge in [0.15, 0.2) is 0 Å². The predicted octanol–water partition coefficient (Wildman–Crippen LogP) is 1.56. The number of carbonyl (C=O) groups excluding carboxylic acids is 1. The molecule has 0 radical (unpaired) electrons. The summed E-state index contributed by atoms with van der Waals surface area (Å²) in [5, 5.41) is 13.8. The first-order valence-electron chi connectivity index (χ1n) is 7.09. The highest BCUT2D eigenvalue weighted by Gasteiger charge is 2.43. The van der Waals surface area contributed by atoms with E-state index in [0.29, 0.717) is 12.2 Å². The molecule has 1 aliphatic carbocycles. The van der Waals surface area contributed by atoms with Crippen molar-refractivity contribution in [1.82, 2.24) is 14.7 Å². The van der Waals surface area contributed by atoms with Crippen LogP contribution in [0.3, 0.4) is 0 Å².